The first-order chi connectivity index (χ1) is 25.7. The standard InChI is InChI=1S/C24H24N6O.C17H14N2O3/c1-16-6-4-8-19(14-16)26-23-28-22(25-18-10-12-21(31-3)13-11-18)29-24(30-23)27-20-9-5-7-17(2)15-20;20-15-11-16(21)19(14-9-5-2-6-10-14)17(22)18(15)12-13-7-3-1-4-8-13/h4-15H,1-3H3,(H3,25,26,27,28,29,30);1-10H,11-12H2. The number of hydrogen-bond acceptors (Lipinski definition) is 10. The molecule has 1 aliphatic heterocycles. The van der Waals surface area contributed by atoms with Crippen LogP contribution in [0.2, 0.25) is 0 Å². The number of imide groups is 2. The monoisotopic (exact) mass is 706 g/mol. The van der Waals surface area contributed by atoms with Gasteiger partial charge in [0.15, 0.2) is 0 Å². The van der Waals surface area contributed by atoms with Crippen molar-refractivity contribution in [2.24, 2.45) is 0 Å². The van der Waals surface area contributed by atoms with Crippen molar-refractivity contribution in [1.82, 2.24) is 19.9 Å². The molecule has 2 heterocycles. The van der Waals surface area contributed by atoms with Crippen LogP contribution >= 0.6 is 0 Å². The maximum absolute atomic E-state index is 12.6. The number of aromatic nitrogens is 3. The average Bonchev–Trinajstić information content (AvgIpc) is 3.15. The number of anilines is 7. The van der Waals surface area contributed by atoms with Crippen LogP contribution in [0.25, 0.3) is 0 Å². The van der Waals surface area contributed by atoms with Crippen LogP contribution < -0.4 is 25.6 Å². The van der Waals surface area contributed by atoms with Gasteiger partial charge in [-0.3, -0.25) is 14.5 Å². The Kier molecular flexibility index (Phi) is 11.3. The van der Waals surface area contributed by atoms with E-state index in [0.29, 0.717) is 23.5 Å². The number of urea groups is 1. The molecule has 0 spiro atoms. The van der Waals surface area contributed by atoms with Gasteiger partial charge in [-0.05, 0) is 91.2 Å². The van der Waals surface area contributed by atoms with E-state index in [0.717, 1.165) is 49.3 Å². The lowest BCUT2D eigenvalue weighted by atomic mass is 10.1. The molecule has 1 aliphatic rings. The van der Waals surface area contributed by atoms with Gasteiger partial charge in [0.1, 0.15) is 12.2 Å². The van der Waals surface area contributed by atoms with E-state index in [9.17, 15) is 14.4 Å². The highest BCUT2D eigenvalue weighted by atomic mass is 16.5. The molecule has 0 bridgehead atoms. The zero-order valence-electron chi connectivity index (χ0n) is 29.5. The summed E-state index contributed by atoms with van der Waals surface area (Å²) in [6.45, 7) is 4.25. The molecule has 12 heteroatoms. The summed E-state index contributed by atoms with van der Waals surface area (Å²) in [5, 5.41) is 9.76. The van der Waals surface area contributed by atoms with Gasteiger partial charge in [0.25, 0.3) is 0 Å². The van der Waals surface area contributed by atoms with E-state index in [1.807, 2.05) is 117 Å². The highest BCUT2D eigenvalue weighted by molar-refractivity contribution is 6.26. The molecule has 0 radical (unpaired) electrons. The zero-order valence-corrected chi connectivity index (χ0v) is 29.5. The summed E-state index contributed by atoms with van der Waals surface area (Å²) < 4.78 is 5.22. The summed E-state index contributed by atoms with van der Waals surface area (Å²) in [4.78, 5) is 52.5. The van der Waals surface area contributed by atoms with Gasteiger partial charge in [-0.25, -0.2) is 9.69 Å². The van der Waals surface area contributed by atoms with Gasteiger partial charge in [0.2, 0.25) is 29.7 Å². The Bertz CT molecular complexity index is 2130. The Morgan fingerprint density at radius 2 is 1.09 bits per heavy atom. The second kappa shape index (κ2) is 16.8. The maximum Gasteiger partial charge on any atom is 0.338 e. The van der Waals surface area contributed by atoms with Crippen molar-refractivity contribution in [2.75, 3.05) is 28.0 Å². The third kappa shape index (κ3) is 9.58. The van der Waals surface area contributed by atoms with E-state index in [1.54, 1.807) is 37.4 Å². The lowest BCUT2D eigenvalue weighted by Gasteiger charge is -2.32. The van der Waals surface area contributed by atoms with E-state index in [-0.39, 0.29) is 13.0 Å². The normalized spacial score (nSPS) is 12.5. The molecule has 4 amide bonds. The molecule has 1 fully saturated rings. The Hall–Kier alpha value is -7.08. The predicted octanol–water partition coefficient (Wildman–Crippen LogP) is 8.30. The Morgan fingerprint density at radius 1 is 0.585 bits per heavy atom. The third-order valence-electron chi connectivity index (χ3n) is 8.00. The van der Waals surface area contributed by atoms with Gasteiger partial charge in [-0.15, -0.1) is 0 Å². The molecule has 5 aromatic carbocycles. The van der Waals surface area contributed by atoms with Crippen LogP contribution in [0.5, 0.6) is 5.75 Å². The smallest absolute Gasteiger partial charge is 0.338 e. The Balaban J connectivity index is 0.000000192. The summed E-state index contributed by atoms with van der Waals surface area (Å²) in [6.07, 6.45) is -0.298. The van der Waals surface area contributed by atoms with Crippen molar-refractivity contribution < 1.29 is 19.1 Å². The molecule has 0 unspecified atom stereocenters. The number of rotatable bonds is 10. The number of carbonyl (C=O) groups excluding carboxylic acids is 3. The highest BCUT2D eigenvalue weighted by Crippen LogP contribution is 2.24. The molecular weight excluding hydrogens is 669 g/mol. The van der Waals surface area contributed by atoms with Crippen molar-refractivity contribution in [3.63, 3.8) is 0 Å². The summed E-state index contributed by atoms with van der Waals surface area (Å²) >= 11 is 0. The summed E-state index contributed by atoms with van der Waals surface area (Å²) in [5.74, 6) is 1.12. The molecule has 0 saturated carbocycles. The molecule has 0 atom stereocenters. The van der Waals surface area contributed by atoms with Gasteiger partial charge in [-0.2, -0.15) is 15.0 Å². The van der Waals surface area contributed by atoms with Gasteiger partial charge >= 0.3 is 6.03 Å². The number of ether oxygens (including phenoxy) is 1. The number of aryl methyl sites for hydroxylation is 2. The summed E-state index contributed by atoms with van der Waals surface area (Å²) in [7, 11) is 1.64. The van der Waals surface area contributed by atoms with Crippen LogP contribution in [0.3, 0.4) is 0 Å². The van der Waals surface area contributed by atoms with Gasteiger partial charge in [-0.1, -0.05) is 72.8 Å². The van der Waals surface area contributed by atoms with E-state index in [2.05, 4.69) is 30.9 Å². The van der Waals surface area contributed by atoms with Crippen molar-refractivity contribution >= 4 is 58.4 Å². The molecule has 266 valence electrons. The van der Waals surface area contributed by atoms with E-state index < -0.39 is 17.8 Å². The topological polar surface area (TPSA) is 142 Å². The Morgan fingerprint density at radius 3 is 1.60 bits per heavy atom. The van der Waals surface area contributed by atoms with Crippen LogP contribution in [-0.4, -0.2) is 44.8 Å². The summed E-state index contributed by atoms with van der Waals surface area (Å²) in [6, 6.07) is 40.9. The van der Waals surface area contributed by atoms with Gasteiger partial charge < -0.3 is 20.7 Å². The number of methoxy groups -OCH3 is 1. The number of carbonyl (C=O) groups is 3. The van der Waals surface area contributed by atoms with Crippen LogP contribution in [0.15, 0.2) is 133 Å². The number of benzene rings is 5. The van der Waals surface area contributed by atoms with Crippen molar-refractivity contribution in [2.45, 2.75) is 26.8 Å². The zero-order chi connectivity index (χ0) is 37.2. The number of barbiturate groups is 1. The molecule has 6 aromatic rings. The quantitative estimate of drug-likeness (QED) is 0.119. The fraction of sp³-hybridized carbons (Fsp3) is 0.122. The molecule has 12 nitrogen and oxygen atoms in total. The molecule has 3 N–H and O–H groups in total. The molecule has 0 aliphatic carbocycles. The van der Waals surface area contributed by atoms with Crippen LogP contribution in [0.1, 0.15) is 23.1 Å². The van der Waals surface area contributed by atoms with Crippen molar-refractivity contribution in [3.8, 4) is 5.75 Å². The van der Waals surface area contributed by atoms with Crippen LogP contribution in [-0.2, 0) is 16.1 Å². The fourth-order valence-electron chi connectivity index (χ4n) is 5.44. The lowest BCUT2D eigenvalue weighted by Crippen LogP contribution is -2.54. The minimum absolute atomic E-state index is 0.162. The van der Waals surface area contributed by atoms with Crippen LogP contribution in [0.4, 0.5) is 45.4 Å². The lowest BCUT2D eigenvalue weighted by molar-refractivity contribution is -0.135. The predicted molar refractivity (Wildman–Crippen MR) is 206 cm³/mol. The fourth-order valence-corrected chi connectivity index (χ4v) is 5.44. The minimum Gasteiger partial charge on any atom is -0.497 e. The SMILES string of the molecule is COc1ccc(Nc2nc(Nc3cccc(C)c3)nc(Nc3cccc(C)c3)n2)cc1.O=C1CC(=O)N(c2ccccc2)C(=O)N1Cc1ccccc1. The van der Waals surface area contributed by atoms with Gasteiger partial charge in [0.05, 0.1) is 19.3 Å². The minimum atomic E-state index is -0.601. The third-order valence-corrected chi connectivity index (χ3v) is 8.00. The number of nitrogens with zero attached hydrogens (tertiary/aromatic N) is 5. The molecule has 7 rings (SSSR count). The second-order valence-corrected chi connectivity index (χ2v) is 12.1. The summed E-state index contributed by atoms with van der Waals surface area (Å²) in [5.41, 5.74) is 6.26. The van der Waals surface area contributed by atoms with Crippen molar-refractivity contribution in [3.05, 3.63) is 150 Å². The molecule has 1 saturated heterocycles. The van der Waals surface area contributed by atoms with E-state index >= 15 is 0 Å². The Labute approximate surface area is 307 Å². The van der Waals surface area contributed by atoms with E-state index in [4.69, 9.17) is 4.74 Å². The number of amides is 4. The van der Waals surface area contributed by atoms with E-state index in [1.165, 1.54) is 0 Å². The maximum atomic E-state index is 12.6. The highest BCUT2D eigenvalue weighted by Gasteiger charge is 2.38. The van der Waals surface area contributed by atoms with Gasteiger partial charge in [0, 0.05) is 17.1 Å². The molecular formula is C41H38N8O4. The first-order valence-electron chi connectivity index (χ1n) is 16.8. The molecule has 1 aromatic heterocycles. The molecule has 53 heavy (non-hydrogen) atoms. The number of para-hydroxylation sites is 1. The number of nitrogens with one attached hydrogen (secondary N) is 3. The second-order valence-electron chi connectivity index (χ2n) is 12.1. The van der Waals surface area contributed by atoms with Crippen molar-refractivity contribution in [1.29, 1.82) is 0 Å². The number of hydrogen-bond donors (Lipinski definition) is 3. The first kappa shape index (κ1) is 35.7. The average molecular weight is 707 g/mol. The largest absolute Gasteiger partial charge is 0.497 e. The van der Waals surface area contributed by atoms with Crippen LogP contribution in [0, 0.1) is 13.8 Å². The first-order valence-corrected chi connectivity index (χ1v) is 16.8.